The van der Waals surface area contributed by atoms with Crippen molar-refractivity contribution in [3.63, 3.8) is 0 Å². The molecule has 21 heavy (non-hydrogen) atoms. The zero-order valence-corrected chi connectivity index (χ0v) is 11.2. The van der Waals surface area contributed by atoms with Gasteiger partial charge in [0.05, 0.1) is 6.04 Å². The Morgan fingerprint density at radius 3 is 2.52 bits per heavy atom. The number of phenolic OH excluding ortho intramolecular Hbond substituents is 2. The van der Waals surface area contributed by atoms with Crippen molar-refractivity contribution < 1.29 is 28.2 Å². The van der Waals surface area contributed by atoms with E-state index < -0.39 is 24.5 Å². The lowest BCUT2D eigenvalue weighted by molar-refractivity contribution is -0.136. The maximum atomic E-state index is 11.9. The Hall–Kier alpha value is -1.96. The summed E-state index contributed by atoms with van der Waals surface area (Å²) in [4.78, 5) is 11.6. The van der Waals surface area contributed by atoms with Gasteiger partial charge in [0.15, 0.2) is 11.5 Å². The molecule has 0 radical (unpaired) electrons. The van der Waals surface area contributed by atoms with Crippen molar-refractivity contribution in [2.45, 2.75) is 31.5 Å². The van der Waals surface area contributed by atoms with Gasteiger partial charge in [0.2, 0.25) is 5.91 Å². The third kappa shape index (κ3) is 6.35. The highest BCUT2D eigenvalue weighted by Crippen LogP contribution is 2.25. The van der Waals surface area contributed by atoms with Crippen LogP contribution in [0.15, 0.2) is 18.2 Å². The third-order valence-corrected chi connectivity index (χ3v) is 2.77. The van der Waals surface area contributed by atoms with E-state index in [1.54, 1.807) is 0 Å². The summed E-state index contributed by atoms with van der Waals surface area (Å²) in [6.45, 7) is -0.104. The van der Waals surface area contributed by atoms with Gasteiger partial charge in [0.1, 0.15) is 0 Å². The van der Waals surface area contributed by atoms with Crippen LogP contribution in [0.3, 0.4) is 0 Å². The molecule has 0 saturated carbocycles. The highest BCUT2D eigenvalue weighted by molar-refractivity contribution is 5.81. The largest absolute Gasteiger partial charge is 0.504 e. The number of carbonyl (C=O) groups is 1. The standard InChI is InChI=1S/C13H17F3N2O3/c14-13(15,16)4-1-5-18-12(21)9(17)6-8-2-3-10(19)11(20)7-8/h2-3,7,9,19-20H,1,4-6,17H2,(H,18,21)/t9-/m0/s1. The molecule has 5 nitrogen and oxygen atoms in total. The average molecular weight is 306 g/mol. The lowest BCUT2D eigenvalue weighted by Crippen LogP contribution is -2.42. The fourth-order valence-corrected chi connectivity index (χ4v) is 1.67. The van der Waals surface area contributed by atoms with E-state index in [4.69, 9.17) is 10.8 Å². The SMILES string of the molecule is N[C@@H](Cc1ccc(O)c(O)c1)C(=O)NCCCC(F)(F)F. The van der Waals surface area contributed by atoms with Crippen LogP contribution in [0.2, 0.25) is 0 Å². The number of hydrogen-bond acceptors (Lipinski definition) is 4. The molecule has 8 heteroatoms. The molecule has 1 rings (SSSR count). The van der Waals surface area contributed by atoms with Gasteiger partial charge in [0.25, 0.3) is 0 Å². The number of hydrogen-bond donors (Lipinski definition) is 4. The van der Waals surface area contributed by atoms with E-state index in [0.717, 1.165) is 0 Å². The van der Waals surface area contributed by atoms with Crippen molar-refractivity contribution in [2.75, 3.05) is 6.54 Å². The normalized spacial score (nSPS) is 13.0. The predicted octanol–water partition coefficient (Wildman–Crippen LogP) is 1.43. The van der Waals surface area contributed by atoms with Gasteiger partial charge in [-0.05, 0) is 30.5 Å². The van der Waals surface area contributed by atoms with Gasteiger partial charge in [-0.3, -0.25) is 4.79 Å². The third-order valence-electron chi connectivity index (χ3n) is 2.77. The van der Waals surface area contributed by atoms with Crippen LogP contribution in [0, 0.1) is 0 Å². The second-order valence-electron chi connectivity index (χ2n) is 4.64. The summed E-state index contributed by atoms with van der Waals surface area (Å²) in [6, 6.07) is 3.08. The van der Waals surface area contributed by atoms with Crippen molar-refractivity contribution in [1.82, 2.24) is 5.32 Å². The fourth-order valence-electron chi connectivity index (χ4n) is 1.67. The molecule has 0 bridgehead atoms. The Labute approximate surface area is 119 Å². The van der Waals surface area contributed by atoms with E-state index in [0.29, 0.717) is 5.56 Å². The molecule has 5 N–H and O–H groups in total. The van der Waals surface area contributed by atoms with Crippen LogP contribution in [0.25, 0.3) is 0 Å². The smallest absolute Gasteiger partial charge is 0.389 e. The molecule has 1 aromatic carbocycles. The van der Waals surface area contributed by atoms with Gasteiger partial charge in [-0.15, -0.1) is 0 Å². The Morgan fingerprint density at radius 1 is 1.29 bits per heavy atom. The molecule has 0 aromatic heterocycles. The summed E-state index contributed by atoms with van der Waals surface area (Å²) in [5, 5.41) is 20.8. The minimum atomic E-state index is -4.24. The fraction of sp³-hybridized carbons (Fsp3) is 0.462. The number of aromatic hydroxyl groups is 2. The Morgan fingerprint density at radius 2 is 1.95 bits per heavy atom. The Kier molecular flexibility index (Phi) is 5.83. The van der Waals surface area contributed by atoms with Gasteiger partial charge >= 0.3 is 6.18 Å². The van der Waals surface area contributed by atoms with E-state index in [-0.39, 0.29) is 30.9 Å². The van der Waals surface area contributed by atoms with E-state index >= 15 is 0 Å². The minimum Gasteiger partial charge on any atom is -0.504 e. The van der Waals surface area contributed by atoms with Crippen molar-refractivity contribution in [3.8, 4) is 11.5 Å². The molecule has 0 spiro atoms. The van der Waals surface area contributed by atoms with Gasteiger partial charge in [0, 0.05) is 13.0 Å². The molecule has 0 saturated heterocycles. The van der Waals surface area contributed by atoms with Crippen molar-refractivity contribution in [1.29, 1.82) is 0 Å². The van der Waals surface area contributed by atoms with Crippen LogP contribution in [0.1, 0.15) is 18.4 Å². The summed E-state index contributed by atoms with van der Waals surface area (Å²) in [6.07, 6.45) is -5.31. The first-order valence-electron chi connectivity index (χ1n) is 6.30. The number of halogens is 3. The van der Waals surface area contributed by atoms with Crippen LogP contribution in [-0.2, 0) is 11.2 Å². The number of nitrogens with two attached hydrogens (primary N) is 1. The first-order chi connectivity index (χ1) is 9.69. The van der Waals surface area contributed by atoms with Crippen molar-refractivity contribution in [3.05, 3.63) is 23.8 Å². The van der Waals surface area contributed by atoms with E-state index in [9.17, 15) is 23.1 Å². The van der Waals surface area contributed by atoms with Gasteiger partial charge in [-0.25, -0.2) is 0 Å². The molecule has 0 fully saturated rings. The predicted molar refractivity (Wildman–Crippen MR) is 69.7 cm³/mol. The lowest BCUT2D eigenvalue weighted by Gasteiger charge is -2.13. The summed E-state index contributed by atoms with van der Waals surface area (Å²) >= 11 is 0. The molecular formula is C13H17F3N2O3. The Balaban J connectivity index is 2.39. The topological polar surface area (TPSA) is 95.6 Å². The molecular weight excluding hydrogens is 289 g/mol. The Bertz CT molecular complexity index is 492. The molecule has 1 aromatic rings. The van der Waals surface area contributed by atoms with E-state index in [1.165, 1.54) is 18.2 Å². The number of nitrogens with one attached hydrogen (secondary N) is 1. The van der Waals surface area contributed by atoms with Crippen LogP contribution in [0.5, 0.6) is 11.5 Å². The van der Waals surface area contributed by atoms with Crippen LogP contribution in [0.4, 0.5) is 13.2 Å². The first-order valence-corrected chi connectivity index (χ1v) is 6.30. The van der Waals surface area contributed by atoms with E-state index in [2.05, 4.69) is 5.32 Å². The number of benzene rings is 1. The van der Waals surface area contributed by atoms with Gasteiger partial charge < -0.3 is 21.3 Å². The summed E-state index contributed by atoms with van der Waals surface area (Å²) in [7, 11) is 0. The maximum absolute atomic E-state index is 11.9. The average Bonchev–Trinajstić information content (AvgIpc) is 2.37. The number of alkyl halides is 3. The second kappa shape index (κ2) is 7.16. The summed E-state index contributed by atoms with van der Waals surface area (Å²) in [5.41, 5.74) is 6.16. The molecule has 0 aliphatic carbocycles. The summed E-state index contributed by atoms with van der Waals surface area (Å²) < 4.78 is 35.7. The molecule has 0 aliphatic rings. The molecule has 0 heterocycles. The highest BCUT2D eigenvalue weighted by atomic mass is 19.4. The maximum Gasteiger partial charge on any atom is 0.389 e. The molecule has 1 amide bonds. The molecule has 1 atom stereocenters. The van der Waals surface area contributed by atoms with Crippen molar-refractivity contribution in [2.24, 2.45) is 5.73 Å². The van der Waals surface area contributed by atoms with E-state index in [1.807, 2.05) is 0 Å². The van der Waals surface area contributed by atoms with Crippen LogP contribution in [-0.4, -0.2) is 34.9 Å². The zero-order chi connectivity index (χ0) is 16.0. The number of amides is 1. The molecule has 0 aliphatic heterocycles. The molecule has 0 unspecified atom stereocenters. The monoisotopic (exact) mass is 306 g/mol. The van der Waals surface area contributed by atoms with Crippen LogP contribution < -0.4 is 11.1 Å². The minimum absolute atomic E-state index is 0.0962. The van der Waals surface area contributed by atoms with Crippen molar-refractivity contribution >= 4 is 5.91 Å². The van der Waals surface area contributed by atoms with Gasteiger partial charge in [-0.2, -0.15) is 13.2 Å². The highest BCUT2D eigenvalue weighted by Gasteiger charge is 2.26. The summed E-state index contributed by atoms with van der Waals surface area (Å²) in [5.74, 6) is -1.18. The number of carbonyl (C=O) groups excluding carboxylic acids is 1. The van der Waals surface area contributed by atoms with Crippen LogP contribution >= 0.6 is 0 Å². The van der Waals surface area contributed by atoms with Gasteiger partial charge in [-0.1, -0.05) is 6.07 Å². The first kappa shape index (κ1) is 17.1. The lowest BCUT2D eigenvalue weighted by atomic mass is 10.1. The number of rotatable bonds is 6. The second-order valence-corrected chi connectivity index (χ2v) is 4.64. The number of phenols is 2. The molecule has 118 valence electrons. The quantitative estimate of drug-likeness (QED) is 0.472. The zero-order valence-electron chi connectivity index (χ0n) is 11.2.